The van der Waals surface area contributed by atoms with Gasteiger partial charge >= 0.3 is 5.97 Å². The number of nitrogens with one attached hydrogen (secondary N) is 1. The molecule has 0 bridgehead atoms. The molecule has 5 nitrogen and oxygen atoms in total. The quantitative estimate of drug-likeness (QED) is 0.634. The van der Waals surface area contributed by atoms with Crippen LogP contribution in [0.2, 0.25) is 10.0 Å². The molecule has 7 heteroatoms. The molecule has 0 aliphatic carbocycles. The lowest BCUT2D eigenvalue weighted by atomic mass is 10.0. The van der Waals surface area contributed by atoms with Crippen LogP contribution in [0.3, 0.4) is 0 Å². The van der Waals surface area contributed by atoms with Crippen molar-refractivity contribution in [3.05, 3.63) is 63.6 Å². The second kappa shape index (κ2) is 10.2. The first-order valence-corrected chi connectivity index (χ1v) is 9.34. The Bertz CT molecular complexity index is 793. The van der Waals surface area contributed by atoms with Gasteiger partial charge in [0.1, 0.15) is 5.75 Å². The van der Waals surface area contributed by atoms with Crippen LogP contribution in [-0.4, -0.2) is 25.1 Å². The molecule has 0 saturated heterocycles. The number of benzene rings is 2. The smallest absolute Gasteiger partial charge is 0.308 e. The highest BCUT2D eigenvalue weighted by Gasteiger charge is 2.20. The lowest BCUT2D eigenvalue weighted by molar-refractivity contribution is -0.143. The van der Waals surface area contributed by atoms with Gasteiger partial charge in [-0.25, -0.2) is 0 Å². The maximum atomic E-state index is 12.6. The molecule has 0 spiro atoms. The first kappa shape index (κ1) is 21.1. The largest absolute Gasteiger partial charge is 0.494 e. The van der Waals surface area contributed by atoms with Gasteiger partial charge in [-0.05, 0) is 49.7 Å². The number of carbonyl (C=O) groups is 2. The number of hydrogen-bond donors (Lipinski definition) is 1. The Morgan fingerprint density at radius 2 is 1.70 bits per heavy atom. The van der Waals surface area contributed by atoms with Gasteiger partial charge < -0.3 is 14.8 Å². The van der Waals surface area contributed by atoms with Gasteiger partial charge in [-0.2, -0.15) is 0 Å². The van der Waals surface area contributed by atoms with E-state index in [2.05, 4.69) is 5.32 Å². The molecule has 2 aromatic carbocycles. The maximum Gasteiger partial charge on any atom is 0.308 e. The zero-order valence-electron chi connectivity index (χ0n) is 15.1. The van der Waals surface area contributed by atoms with Crippen LogP contribution in [0.1, 0.15) is 42.2 Å². The third kappa shape index (κ3) is 6.15. The Morgan fingerprint density at radius 3 is 2.30 bits per heavy atom. The van der Waals surface area contributed by atoms with E-state index in [1.54, 1.807) is 31.2 Å². The fourth-order valence-corrected chi connectivity index (χ4v) is 2.78. The van der Waals surface area contributed by atoms with Crippen molar-refractivity contribution in [3.63, 3.8) is 0 Å². The van der Waals surface area contributed by atoms with Gasteiger partial charge in [-0.1, -0.05) is 35.3 Å². The van der Waals surface area contributed by atoms with Crippen molar-refractivity contribution in [2.45, 2.75) is 26.3 Å². The fraction of sp³-hybridized carbons (Fsp3) is 0.300. The fourth-order valence-electron chi connectivity index (χ4n) is 2.48. The number of amides is 1. The summed E-state index contributed by atoms with van der Waals surface area (Å²) in [7, 11) is 0. The van der Waals surface area contributed by atoms with Crippen LogP contribution in [0.25, 0.3) is 0 Å². The number of carbonyl (C=O) groups excluding carboxylic acids is 2. The Labute approximate surface area is 168 Å². The average molecular weight is 410 g/mol. The predicted octanol–water partition coefficient (Wildman–Crippen LogP) is 4.82. The second-order valence-electron chi connectivity index (χ2n) is 5.67. The molecule has 0 saturated carbocycles. The zero-order valence-corrected chi connectivity index (χ0v) is 16.6. The van der Waals surface area contributed by atoms with Crippen molar-refractivity contribution in [2.75, 3.05) is 13.2 Å². The van der Waals surface area contributed by atoms with E-state index in [0.29, 0.717) is 22.9 Å². The Balaban J connectivity index is 2.21. The summed E-state index contributed by atoms with van der Waals surface area (Å²) in [4.78, 5) is 24.6. The molecule has 0 unspecified atom stereocenters. The van der Waals surface area contributed by atoms with Gasteiger partial charge in [0, 0.05) is 5.56 Å². The van der Waals surface area contributed by atoms with Crippen molar-refractivity contribution in [1.29, 1.82) is 0 Å². The Kier molecular flexibility index (Phi) is 7.95. The van der Waals surface area contributed by atoms with Crippen LogP contribution in [0.5, 0.6) is 5.75 Å². The maximum absolute atomic E-state index is 12.6. The van der Waals surface area contributed by atoms with Crippen molar-refractivity contribution >= 4 is 35.1 Å². The topological polar surface area (TPSA) is 64.6 Å². The first-order chi connectivity index (χ1) is 12.9. The van der Waals surface area contributed by atoms with Crippen LogP contribution in [0, 0.1) is 0 Å². The van der Waals surface area contributed by atoms with E-state index in [4.69, 9.17) is 32.7 Å². The first-order valence-electron chi connectivity index (χ1n) is 8.58. The van der Waals surface area contributed by atoms with E-state index in [9.17, 15) is 9.59 Å². The minimum absolute atomic E-state index is 0.00881. The summed E-state index contributed by atoms with van der Waals surface area (Å²) < 4.78 is 10.5. The van der Waals surface area contributed by atoms with Crippen LogP contribution in [0.4, 0.5) is 0 Å². The molecular formula is C20H21Cl2NO4. The molecule has 0 radical (unpaired) electrons. The number of esters is 1. The van der Waals surface area contributed by atoms with Crippen molar-refractivity contribution in [3.8, 4) is 5.75 Å². The normalized spacial score (nSPS) is 11.6. The molecule has 0 heterocycles. The lowest BCUT2D eigenvalue weighted by Gasteiger charge is -2.19. The van der Waals surface area contributed by atoms with E-state index in [0.717, 1.165) is 5.56 Å². The van der Waals surface area contributed by atoms with Gasteiger partial charge in [0.25, 0.3) is 5.91 Å². The molecule has 0 aromatic heterocycles. The molecule has 0 fully saturated rings. The molecule has 2 rings (SSSR count). The van der Waals surface area contributed by atoms with Crippen molar-refractivity contribution < 1.29 is 19.1 Å². The number of hydrogen-bond acceptors (Lipinski definition) is 4. The SMILES string of the molecule is CCOC(=O)C[C@H](NC(=O)c1ccc(Cl)c(Cl)c1)c1ccc(OCC)cc1. The Hall–Kier alpha value is -2.24. The average Bonchev–Trinajstić information content (AvgIpc) is 2.64. The minimum Gasteiger partial charge on any atom is -0.494 e. The summed E-state index contributed by atoms with van der Waals surface area (Å²) in [6.45, 7) is 4.46. The van der Waals surface area contributed by atoms with Crippen LogP contribution >= 0.6 is 23.2 Å². The highest BCUT2D eigenvalue weighted by atomic mass is 35.5. The van der Waals surface area contributed by atoms with E-state index < -0.39 is 12.0 Å². The predicted molar refractivity (Wildman–Crippen MR) is 106 cm³/mol. The summed E-state index contributed by atoms with van der Waals surface area (Å²) in [5.74, 6) is -0.0467. The number of rotatable bonds is 8. The van der Waals surface area contributed by atoms with Crippen LogP contribution < -0.4 is 10.1 Å². The highest BCUT2D eigenvalue weighted by molar-refractivity contribution is 6.42. The van der Waals surface area contributed by atoms with E-state index in [-0.39, 0.29) is 24.0 Å². The molecule has 1 atom stereocenters. The molecule has 0 aliphatic rings. The minimum atomic E-state index is -0.554. The van der Waals surface area contributed by atoms with Gasteiger partial charge in [0.15, 0.2) is 0 Å². The standard InChI is InChI=1S/C20H21Cl2NO4/c1-3-26-15-8-5-13(6-9-15)18(12-19(24)27-4-2)23-20(25)14-7-10-16(21)17(22)11-14/h5-11,18H,3-4,12H2,1-2H3,(H,23,25)/t18-/m0/s1. The summed E-state index contributed by atoms with van der Waals surface area (Å²) in [6.07, 6.45) is 0.00881. The molecule has 27 heavy (non-hydrogen) atoms. The monoisotopic (exact) mass is 409 g/mol. The zero-order chi connectivity index (χ0) is 19.8. The molecule has 144 valence electrons. The molecule has 1 N–H and O–H groups in total. The van der Waals surface area contributed by atoms with Crippen molar-refractivity contribution in [2.24, 2.45) is 0 Å². The van der Waals surface area contributed by atoms with Crippen molar-refractivity contribution in [1.82, 2.24) is 5.32 Å². The Morgan fingerprint density at radius 1 is 1.00 bits per heavy atom. The van der Waals surface area contributed by atoms with Gasteiger partial charge in [-0.15, -0.1) is 0 Å². The third-order valence-corrected chi connectivity index (χ3v) is 4.50. The molecule has 2 aromatic rings. The highest BCUT2D eigenvalue weighted by Crippen LogP contribution is 2.25. The van der Waals surface area contributed by atoms with E-state index in [1.807, 2.05) is 19.1 Å². The summed E-state index contributed by atoms with van der Waals surface area (Å²) >= 11 is 11.9. The summed E-state index contributed by atoms with van der Waals surface area (Å²) in [5, 5.41) is 3.50. The van der Waals surface area contributed by atoms with Gasteiger partial charge in [0.2, 0.25) is 0 Å². The molecular weight excluding hydrogens is 389 g/mol. The number of ether oxygens (including phenoxy) is 2. The number of halogens is 2. The lowest BCUT2D eigenvalue weighted by Crippen LogP contribution is -2.30. The van der Waals surface area contributed by atoms with E-state index >= 15 is 0 Å². The summed E-state index contributed by atoms with van der Waals surface area (Å²) in [6, 6.07) is 11.3. The third-order valence-electron chi connectivity index (χ3n) is 3.76. The van der Waals surface area contributed by atoms with Crippen LogP contribution in [-0.2, 0) is 9.53 Å². The second-order valence-corrected chi connectivity index (χ2v) is 6.48. The molecule has 0 aliphatic heterocycles. The van der Waals surface area contributed by atoms with Crippen LogP contribution in [0.15, 0.2) is 42.5 Å². The van der Waals surface area contributed by atoms with Gasteiger partial charge in [0.05, 0.1) is 35.7 Å². The van der Waals surface area contributed by atoms with Gasteiger partial charge in [-0.3, -0.25) is 9.59 Å². The van der Waals surface area contributed by atoms with E-state index in [1.165, 1.54) is 6.07 Å². The summed E-state index contributed by atoms with van der Waals surface area (Å²) in [5.41, 5.74) is 1.11. The molecule has 1 amide bonds.